The van der Waals surface area contributed by atoms with E-state index in [1.54, 1.807) is 11.3 Å². The molecule has 0 amide bonds. The van der Waals surface area contributed by atoms with Crippen molar-refractivity contribution in [3.63, 3.8) is 0 Å². The van der Waals surface area contributed by atoms with Gasteiger partial charge in [-0.05, 0) is 47.6 Å². The third-order valence-corrected chi connectivity index (χ3v) is 4.17. The van der Waals surface area contributed by atoms with Crippen LogP contribution in [0.2, 0.25) is 0 Å². The summed E-state index contributed by atoms with van der Waals surface area (Å²) in [6.07, 6.45) is 5.84. The van der Waals surface area contributed by atoms with Crippen LogP contribution in [-0.4, -0.2) is 5.71 Å². The molecule has 2 aromatic rings. The lowest BCUT2D eigenvalue weighted by molar-refractivity contribution is 1.12. The second-order valence-corrected chi connectivity index (χ2v) is 5.69. The number of thiophene rings is 1. The molecule has 108 valence electrons. The molecular formula is C19H21NS. The Morgan fingerprint density at radius 2 is 2.00 bits per heavy atom. The summed E-state index contributed by atoms with van der Waals surface area (Å²) < 4.78 is 0. The lowest BCUT2D eigenvalue weighted by atomic mass is 9.99. The first-order valence-corrected chi connectivity index (χ1v) is 8.19. The first kappa shape index (κ1) is 15.5. The maximum Gasteiger partial charge on any atom is 0.0641 e. The molecule has 1 aromatic carbocycles. The normalized spacial score (nSPS) is 12.5. The summed E-state index contributed by atoms with van der Waals surface area (Å²) >= 11 is 1.71. The fourth-order valence-electron chi connectivity index (χ4n) is 2.25. The Hall–Kier alpha value is -1.93. The SMILES string of the molecule is C=C/C(=C\c1cccs1)N=C(CC)c1ccccc1CC. The summed E-state index contributed by atoms with van der Waals surface area (Å²) in [7, 11) is 0. The van der Waals surface area contributed by atoms with Gasteiger partial charge in [0, 0.05) is 10.6 Å². The third kappa shape index (κ3) is 4.02. The Bertz CT molecular complexity index is 648. The van der Waals surface area contributed by atoms with Crippen molar-refractivity contribution in [2.24, 2.45) is 4.99 Å². The van der Waals surface area contributed by atoms with Gasteiger partial charge in [0.2, 0.25) is 0 Å². The Morgan fingerprint density at radius 3 is 2.62 bits per heavy atom. The van der Waals surface area contributed by atoms with Crippen molar-refractivity contribution in [3.8, 4) is 0 Å². The Labute approximate surface area is 131 Å². The van der Waals surface area contributed by atoms with Gasteiger partial charge in [-0.1, -0.05) is 50.8 Å². The fourth-order valence-corrected chi connectivity index (χ4v) is 2.91. The molecule has 0 bridgehead atoms. The van der Waals surface area contributed by atoms with E-state index in [1.807, 2.05) is 12.1 Å². The monoisotopic (exact) mass is 295 g/mol. The highest BCUT2D eigenvalue weighted by Gasteiger charge is 2.06. The highest BCUT2D eigenvalue weighted by atomic mass is 32.1. The molecule has 0 N–H and O–H groups in total. The number of aryl methyl sites for hydroxylation is 1. The smallest absolute Gasteiger partial charge is 0.0641 e. The summed E-state index contributed by atoms with van der Waals surface area (Å²) in [5.74, 6) is 0. The standard InChI is InChI=1S/C19H21NS/c1-4-15-10-7-8-12-18(15)19(6-3)20-16(5-2)14-17-11-9-13-21-17/h5,7-14H,2,4,6H2,1,3H3/b16-14+,20-19?. The van der Waals surface area contributed by atoms with Gasteiger partial charge < -0.3 is 0 Å². The molecule has 1 heterocycles. The minimum absolute atomic E-state index is 0.909. The minimum atomic E-state index is 0.909. The summed E-state index contributed by atoms with van der Waals surface area (Å²) in [4.78, 5) is 6.03. The number of hydrogen-bond donors (Lipinski definition) is 0. The second-order valence-electron chi connectivity index (χ2n) is 4.71. The van der Waals surface area contributed by atoms with E-state index < -0.39 is 0 Å². The molecule has 0 saturated heterocycles. The zero-order valence-electron chi connectivity index (χ0n) is 12.7. The second kappa shape index (κ2) is 7.75. The van der Waals surface area contributed by atoms with Crippen LogP contribution in [0.5, 0.6) is 0 Å². The zero-order valence-corrected chi connectivity index (χ0v) is 13.5. The number of hydrogen-bond acceptors (Lipinski definition) is 2. The van der Waals surface area contributed by atoms with Gasteiger partial charge in [0.1, 0.15) is 0 Å². The predicted molar refractivity (Wildman–Crippen MR) is 95.1 cm³/mol. The van der Waals surface area contributed by atoms with Crippen molar-refractivity contribution in [3.05, 3.63) is 76.1 Å². The lowest BCUT2D eigenvalue weighted by Crippen LogP contribution is -2.03. The van der Waals surface area contributed by atoms with Gasteiger partial charge in [-0.25, -0.2) is 0 Å². The molecule has 2 rings (SSSR count). The third-order valence-electron chi connectivity index (χ3n) is 3.35. The van der Waals surface area contributed by atoms with Gasteiger partial charge in [0.15, 0.2) is 0 Å². The predicted octanol–water partition coefficient (Wildman–Crippen LogP) is 5.74. The average Bonchev–Trinajstić information content (AvgIpc) is 3.04. The average molecular weight is 295 g/mol. The first-order chi connectivity index (χ1) is 10.3. The molecule has 1 nitrogen and oxygen atoms in total. The molecule has 0 aliphatic carbocycles. The van der Waals surface area contributed by atoms with Crippen molar-refractivity contribution in [1.82, 2.24) is 0 Å². The number of nitrogens with zero attached hydrogens (tertiary/aromatic N) is 1. The maximum absolute atomic E-state index is 4.83. The van der Waals surface area contributed by atoms with Crippen molar-refractivity contribution in [1.29, 1.82) is 0 Å². The highest BCUT2D eigenvalue weighted by Crippen LogP contribution is 2.18. The van der Waals surface area contributed by atoms with Crippen LogP contribution >= 0.6 is 11.3 Å². The number of allylic oxidation sites excluding steroid dienone is 1. The van der Waals surface area contributed by atoms with E-state index in [0.29, 0.717) is 0 Å². The molecule has 0 radical (unpaired) electrons. The fraction of sp³-hybridized carbons (Fsp3) is 0.211. The van der Waals surface area contributed by atoms with E-state index >= 15 is 0 Å². The van der Waals surface area contributed by atoms with E-state index in [4.69, 9.17) is 4.99 Å². The van der Waals surface area contributed by atoms with Crippen molar-refractivity contribution in [2.45, 2.75) is 26.7 Å². The molecule has 2 heteroatoms. The summed E-state index contributed by atoms with van der Waals surface area (Å²) in [5.41, 5.74) is 4.63. The van der Waals surface area contributed by atoms with Gasteiger partial charge in [-0.3, -0.25) is 4.99 Å². The molecule has 0 unspecified atom stereocenters. The highest BCUT2D eigenvalue weighted by molar-refractivity contribution is 7.10. The Morgan fingerprint density at radius 1 is 1.19 bits per heavy atom. The quantitative estimate of drug-likeness (QED) is 0.476. The Balaban J connectivity index is 2.41. The summed E-state index contributed by atoms with van der Waals surface area (Å²) in [6, 6.07) is 12.6. The maximum atomic E-state index is 4.83. The van der Waals surface area contributed by atoms with Gasteiger partial charge in [0.05, 0.1) is 5.70 Å². The van der Waals surface area contributed by atoms with Crippen LogP contribution in [0.3, 0.4) is 0 Å². The molecule has 0 atom stereocenters. The molecule has 0 saturated carbocycles. The van der Waals surface area contributed by atoms with Crippen molar-refractivity contribution >= 4 is 23.1 Å². The van der Waals surface area contributed by atoms with E-state index in [0.717, 1.165) is 24.3 Å². The first-order valence-electron chi connectivity index (χ1n) is 7.32. The molecule has 0 aliphatic rings. The van der Waals surface area contributed by atoms with Gasteiger partial charge in [-0.15, -0.1) is 11.3 Å². The van der Waals surface area contributed by atoms with Crippen LogP contribution in [0.4, 0.5) is 0 Å². The summed E-state index contributed by atoms with van der Waals surface area (Å²) in [5, 5.41) is 2.07. The van der Waals surface area contributed by atoms with E-state index in [9.17, 15) is 0 Å². The Kier molecular flexibility index (Phi) is 5.70. The molecule has 0 aliphatic heterocycles. The number of benzene rings is 1. The van der Waals surface area contributed by atoms with Crippen LogP contribution in [0.15, 0.2) is 65.1 Å². The van der Waals surface area contributed by atoms with Crippen LogP contribution in [-0.2, 0) is 6.42 Å². The van der Waals surface area contributed by atoms with E-state index in [-0.39, 0.29) is 0 Å². The van der Waals surface area contributed by atoms with Gasteiger partial charge in [0.25, 0.3) is 0 Å². The van der Waals surface area contributed by atoms with Gasteiger partial charge in [-0.2, -0.15) is 0 Å². The van der Waals surface area contributed by atoms with Crippen LogP contribution < -0.4 is 0 Å². The molecule has 0 spiro atoms. The molecule has 0 fully saturated rings. The number of rotatable bonds is 6. The van der Waals surface area contributed by atoms with Crippen molar-refractivity contribution < 1.29 is 0 Å². The van der Waals surface area contributed by atoms with Crippen LogP contribution in [0.25, 0.3) is 6.08 Å². The van der Waals surface area contributed by atoms with E-state index in [1.165, 1.54) is 16.0 Å². The molecule has 1 aromatic heterocycles. The van der Waals surface area contributed by atoms with Crippen LogP contribution in [0.1, 0.15) is 36.3 Å². The van der Waals surface area contributed by atoms with Crippen molar-refractivity contribution in [2.75, 3.05) is 0 Å². The van der Waals surface area contributed by atoms with Gasteiger partial charge >= 0.3 is 0 Å². The summed E-state index contributed by atoms with van der Waals surface area (Å²) in [6.45, 7) is 8.23. The van der Waals surface area contributed by atoms with E-state index in [2.05, 4.69) is 62.2 Å². The zero-order chi connectivity index (χ0) is 15.1. The molecule has 21 heavy (non-hydrogen) atoms. The topological polar surface area (TPSA) is 12.4 Å². The molecular weight excluding hydrogens is 274 g/mol. The largest absolute Gasteiger partial charge is 0.253 e. The van der Waals surface area contributed by atoms with Crippen LogP contribution in [0, 0.1) is 0 Å². The minimum Gasteiger partial charge on any atom is -0.253 e. The lowest BCUT2D eigenvalue weighted by Gasteiger charge is -2.10. The number of aliphatic imine (C=N–C) groups is 1.